The van der Waals surface area contributed by atoms with Crippen molar-refractivity contribution in [3.63, 3.8) is 0 Å². The molecule has 2 atom stereocenters. The molecule has 3 rings (SSSR count). The average Bonchev–Trinajstić information content (AvgIpc) is 2.86. The summed E-state index contributed by atoms with van der Waals surface area (Å²) >= 11 is 0. The van der Waals surface area contributed by atoms with Gasteiger partial charge >= 0.3 is 5.97 Å². The van der Waals surface area contributed by atoms with Crippen molar-refractivity contribution in [1.82, 2.24) is 4.90 Å². The Morgan fingerprint density at radius 3 is 2.74 bits per heavy atom. The van der Waals surface area contributed by atoms with Gasteiger partial charge in [-0.2, -0.15) is 5.26 Å². The van der Waals surface area contributed by atoms with Crippen molar-refractivity contribution in [3.8, 4) is 11.8 Å². The Hall–Kier alpha value is -3.86. The van der Waals surface area contributed by atoms with Gasteiger partial charge in [-0.3, -0.25) is 14.4 Å². The summed E-state index contributed by atoms with van der Waals surface area (Å²) in [7, 11) is 1.55. The number of hydrogen-bond acceptors (Lipinski definition) is 6. The SMILES string of the molecule is CCCCN1C(=O)CCC(C(=O)OCC(=O)Nc2cccc(C#N)c2)C1c1ccccc1OC. The summed E-state index contributed by atoms with van der Waals surface area (Å²) in [6, 6.07) is 15.3. The molecule has 2 amide bonds. The second-order valence-corrected chi connectivity index (χ2v) is 8.12. The lowest BCUT2D eigenvalue weighted by atomic mass is 9.83. The van der Waals surface area contributed by atoms with E-state index in [1.54, 1.807) is 36.3 Å². The van der Waals surface area contributed by atoms with Gasteiger partial charge in [0.2, 0.25) is 5.91 Å². The van der Waals surface area contributed by atoms with E-state index in [0.29, 0.717) is 30.0 Å². The number of carbonyl (C=O) groups is 3. The van der Waals surface area contributed by atoms with Crippen LogP contribution in [0.2, 0.25) is 0 Å². The van der Waals surface area contributed by atoms with Crippen LogP contribution in [0.3, 0.4) is 0 Å². The van der Waals surface area contributed by atoms with E-state index >= 15 is 0 Å². The molecule has 2 unspecified atom stereocenters. The summed E-state index contributed by atoms with van der Waals surface area (Å²) < 4.78 is 10.9. The fourth-order valence-electron chi connectivity index (χ4n) is 4.19. The summed E-state index contributed by atoms with van der Waals surface area (Å²) in [6.07, 6.45) is 2.28. The largest absolute Gasteiger partial charge is 0.496 e. The van der Waals surface area contributed by atoms with Gasteiger partial charge in [-0.25, -0.2) is 0 Å². The highest BCUT2D eigenvalue weighted by atomic mass is 16.5. The molecule has 0 bridgehead atoms. The molecule has 1 saturated heterocycles. The Balaban J connectivity index is 1.76. The van der Waals surface area contributed by atoms with Crippen LogP contribution in [0.4, 0.5) is 5.69 Å². The molecule has 1 heterocycles. The standard InChI is InChI=1S/C26H29N3O5/c1-3-4-14-29-24(31)13-12-21(25(29)20-10-5-6-11-22(20)33-2)26(32)34-17-23(30)28-19-9-7-8-18(15-19)16-27/h5-11,15,21,25H,3-4,12-14,17H2,1-2H3,(H,28,30). The molecule has 2 aromatic rings. The third-order valence-corrected chi connectivity index (χ3v) is 5.84. The lowest BCUT2D eigenvalue weighted by Gasteiger charge is -2.40. The van der Waals surface area contributed by atoms with E-state index in [9.17, 15) is 14.4 Å². The number of para-hydroxylation sites is 1. The molecule has 0 spiro atoms. The van der Waals surface area contributed by atoms with Gasteiger partial charge in [0.15, 0.2) is 6.61 Å². The molecule has 0 saturated carbocycles. The van der Waals surface area contributed by atoms with Crippen LogP contribution in [0.1, 0.15) is 49.8 Å². The molecular weight excluding hydrogens is 434 g/mol. The van der Waals surface area contributed by atoms with Gasteiger partial charge in [-0.15, -0.1) is 0 Å². The van der Waals surface area contributed by atoms with E-state index in [4.69, 9.17) is 14.7 Å². The molecule has 1 fully saturated rings. The monoisotopic (exact) mass is 463 g/mol. The zero-order chi connectivity index (χ0) is 24.5. The second kappa shape index (κ2) is 11.8. The third-order valence-electron chi connectivity index (χ3n) is 5.84. The first-order chi connectivity index (χ1) is 16.5. The number of carbonyl (C=O) groups excluding carboxylic acids is 3. The molecule has 178 valence electrons. The summed E-state index contributed by atoms with van der Waals surface area (Å²) in [6.45, 7) is 2.11. The quantitative estimate of drug-likeness (QED) is 0.566. The van der Waals surface area contributed by atoms with Gasteiger partial charge in [0.1, 0.15) is 5.75 Å². The summed E-state index contributed by atoms with van der Waals surface area (Å²) in [5.74, 6) is -1.08. The minimum atomic E-state index is -0.624. The minimum absolute atomic E-state index is 0.0106. The molecular formula is C26H29N3O5. The smallest absolute Gasteiger partial charge is 0.311 e. The maximum atomic E-state index is 13.1. The van der Waals surface area contributed by atoms with Crippen LogP contribution in [0, 0.1) is 17.2 Å². The van der Waals surface area contributed by atoms with Gasteiger partial charge in [0, 0.05) is 24.2 Å². The van der Waals surface area contributed by atoms with E-state index in [2.05, 4.69) is 5.32 Å². The number of nitrogens with one attached hydrogen (secondary N) is 1. The molecule has 1 aliphatic heterocycles. The Labute approximate surface area is 199 Å². The first kappa shape index (κ1) is 24.8. The van der Waals surface area contributed by atoms with Crippen molar-refractivity contribution in [2.24, 2.45) is 5.92 Å². The number of anilines is 1. The molecule has 1 N–H and O–H groups in total. The fourth-order valence-corrected chi connectivity index (χ4v) is 4.19. The van der Waals surface area contributed by atoms with Crippen LogP contribution in [0.25, 0.3) is 0 Å². The van der Waals surface area contributed by atoms with Gasteiger partial charge < -0.3 is 19.7 Å². The number of hydrogen-bond donors (Lipinski definition) is 1. The van der Waals surface area contributed by atoms with Crippen LogP contribution in [-0.2, 0) is 19.1 Å². The Kier molecular flexibility index (Phi) is 8.63. The molecule has 0 aromatic heterocycles. The van der Waals surface area contributed by atoms with Crippen LogP contribution in [0.5, 0.6) is 5.75 Å². The van der Waals surface area contributed by atoms with E-state index in [1.165, 1.54) is 6.07 Å². The number of nitrogens with zero attached hydrogens (tertiary/aromatic N) is 2. The van der Waals surface area contributed by atoms with Gasteiger partial charge in [-0.05, 0) is 37.1 Å². The number of unbranched alkanes of at least 4 members (excludes halogenated alkanes) is 1. The number of amides is 2. The molecule has 1 aliphatic rings. The van der Waals surface area contributed by atoms with Crippen molar-refractivity contribution < 1.29 is 23.9 Å². The highest BCUT2D eigenvalue weighted by molar-refractivity contribution is 5.93. The summed E-state index contributed by atoms with van der Waals surface area (Å²) in [4.78, 5) is 40.1. The first-order valence-corrected chi connectivity index (χ1v) is 11.4. The number of esters is 1. The topological polar surface area (TPSA) is 109 Å². The highest BCUT2D eigenvalue weighted by Crippen LogP contribution is 2.41. The van der Waals surface area contributed by atoms with Crippen molar-refractivity contribution in [1.29, 1.82) is 5.26 Å². The Morgan fingerprint density at radius 1 is 1.21 bits per heavy atom. The van der Waals surface area contributed by atoms with Gasteiger partial charge in [0.25, 0.3) is 5.91 Å². The Bertz CT molecular complexity index is 1080. The van der Waals surface area contributed by atoms with Crippen molar-refractivity contribution in [2.75, 3.05) is 25.6 Å². The van der Waals surface area contributed by atoms with E-state index in [-0.39, 0.29) is 12.3 Å². The molecule has 8 nitrogen and oxygen atoms in total. The minimum Gasteiger partial charge on any atom is -0.496 e. The highest BCUT2D eigenvalue weighted by Gasteiger charge is 2.42. The lowest BCUT2D eigenvalue weighted by Crippen LogP contribution is -2.46. The van der Waals surface area contributed by atoms with E-state index in [0.717, 1.165) is 18.4 Å². The van der Waals surface area contributed by atoms with Crippen LogP contribution in [0.15, 0.2) is 48.5 Å². The molecule has 0 aliphatic carbocycles. The van der Waals surface area contributed by atoms with E-state index < -0.39 is 30.4 Å². The van der Waals surface area contributed by atoms with Crippen molar-refractivity contribution >= 4 is 23.5 Å². The molecule has 2 aromatic carbocycles. The number of methoxy groups -OCH3 is 1. The summed E-state index contributed by atoms with van der Waals surface area (Å²) in [5, 5.41) is 11.6. The number of nitriles is 1. The second-order valence-electron chi connectivity index (χ2n) is 8.12. The van der Waals surface area contributed by atoms with Crippen LogP contribution >= 0.6 is 0 Å². The Morgan fingerprint density at radius 2 is 2.00 bits per heavy atom. The third kappa shape index (κ3) is 5.93. The van der Waals surface area contributed by atoms with E-state index in [1.807, 2.05) is 31.2 Å². The normalized spacial score (nSPS) is 17.6. The average molecular weight is 464 g/mol. The predicted octanol–water partition coefficient (Wildman–Crippen LogP) is 3.83. The fraction of sp³-hybridized carbons (Fsp3) is 0.385. The zero-order valence-electron chi connectivity index (χ0n) is 19.5. The number of ether oxygens (including phenoxy) is 2. The molecule has 0 radical (unpaired) electrons. The van der Waals surface area contributed by atoms with Crippen LogP contribution < -0.4 is 10.1 Å². The van der Waals surface area contributed by atoms with Gasteiger partial charge in [-0.1, -0.05) is 37.6 Å². The molecule has 8 heteroatoms. The van der Waals surface area contributed by atoms with Crippen LogP contribution in [-0.4, -0.2) is 42.9 Å². The zero-order valence-corrected chi connectivity index (χ0v) is 19.5. The number of benzene rings is 2. The summed E-state index contributed by atoms with van der Waals surface area (Å²) in [5.41, 5.74) is 1.60. The van der Waals surface area contributed by atoms with Crippen molar-refractivity contribution in [2.45, 2.75) is 38.6 Å². The van der Waals surface area contributed by atoms with Gasteiger partial charge in [0.05, 0.1) is 30.7 Å². The lowest BCUT2D eigenvalue weighted by molar-refractivity contribution is -0.159. The molecule has 34 heavy (non-hydrogen) atoms. The number of likely N-dealkylation sites (tertiary alicyclic amines) is 1. The first-order valence-electron chi connectivity index (χ1n) is 11.4. The predicted molar refractivity (Wildman–Crippen MR) is 126 cm³/mol. The number of piperidine rings is 1. The number of rotatable bonds is 9. The van der Waals surface area contributed by atoms with Crippen molar-refractivity contribution in [3.05, 3.63) is 59.7 Å². The maximum Gasteiger partial charge on any atom is 0.311 e. The maximum absolute atomic E-state index is 13.1.